The van der Waals surface area contributed by atoms with E-state index in [1.807, 2.05) is 28.4 Å². The second-order valence-electron chi connectivity index (χ2n) is 7.88. The van der Waals surface area contributed by atoms with Crippen LogP contribution in [-0.2, 0) is 6.42 Å². The molecule has 0 aromatic carbocycles. The van der Waals surface area contributed by atoms with Crippen molar-refractivity contribution < 1.29 is 4.79 Å². The molecule has 3 aromatic heterocycles. The van der Waals surface area contributed by atoms with Crippen LogP contribution >= 0.6 is 0 Å². The van der Waals surface area contributed by atoms with E-state index in [1.54, 1.807) is 6.20 Å². The second kappa shape index (κ2) is 7.73. The van der Waals surface area contributed by atoms with Gasteiger partial charge in [0.05, 0.1) is 5.69 Å². The molecule has 0 saturated carbocycles. The molecule has 0 radical (unpaired) electrons. The van der Waals surface area contributed by atoms with Crippen molar-refractivity contribution >= 4 is 28.3 Å². The van der Waals surface area contributed by atoms with Gasteiger partial charge in [-0.05, 0) is 37.3 Å². The van der Waals surface area contributed by atoms with Crippen LogP contribution in [0.15, 0.2) is 18.3 Å². The van der Waals surface area contributed by atoms with Gasteiger partial charge in [-0.15, -0.1) is 10.2 Å². The zero-order chi connectivity index (χ0) is 19.7. The molecule has 7 heteroatoms. The number of pyridine rings is 2. The number of piperidine rings is 1. The molecule has 0 bridgehead atoms. The summed E-state index contributed by atoms with van der Waals surface area (Å²) in [6, 6.07) is 3.94. The smallest absolute Gasteiger partial charge is 0.259 e. The average molecular weight is 380 g/mol. The third-order valence-corrected chi connectivity index (χ3v) is 5.33. The van der Waals surface area contributed by atoms with Crippen LogP contribution in [0.3, 0.4) is 0 Å². The van der Waals surface area contributed by atoms with Crippen LogP contribution in [-0.4, -0.2) is 50.0 Å². The zero-order valence-electron chi connectivity index (χ0n) is 16.9. The van der Waals surface area contributed by atoms with Crippen LogP contribution in [0.4, 0.5) is 5.69 Å². The highest BCUT2D eigenvalue weighted by Gasteiger charge is 2.28. The monoisotopic (exact) mass is 380 g/mol. The van der Waals surface area contributed by atoms with Crippen LogP contribution < -0.4 is 5.32 Å². The van der Waals surface area contributed by atoms with Crippen LogP contribution in [0.1, 0.15) is 56.2 Å². The van der Waals surface area contributed by atoms with E-state index in [9.17, 15) is 4.79 Å². The molecule has 7 nitrogen and oxygen atoms in total. The lowest BCUT2D eigenvalue weighted by Gasteiger charge is -2.28. The van der Waals surface area contributed by atoms with Gasteiger partial charge < -0.3 is 10.2 Å². The lowest BCUT2D eigenvalue weighted by Crippen LogP contribution is -2.36. The molecule has 1 saturated heterocycles. The molecular weight excluding hydrogens is 352 g/mol. The van der Waals surface area contributed by atoms with Crippen molar-refractivity contribution in [3.63, 3.8) is 0 Å². The minimum atomic E-state index is 0.0387. The number of anilines is 1. The highest BCUT2D eigenvalue weighted by atomic mass is 16.2. The maximum absolute atomic E-state index is 13.6. The lowest BCUT2D eigenvalue weighted by atomic mass is 10.1. The second-order valence-corrected chi connectivity index (χ2v) is 7.88. The van der Waals surface area contributed by atoms with Gasteiger partial charge in [-0.2, -0.15) is 0 Å². The van der Waals surface area contributed by atoms with Crippen molar-refractivity contribution in [2.45, 2.75) is 46.5 Å². The molecule has 1 N–H and O–H groups in total. The van der Waals surface area contributed by atoms with Gasteiger partial charge in [0.15, 0.2) is 5.65 Å². The van der Waals surface area contributed by atoms with Gasteiger partial charge in [0.1, 0.15) is 17.0 Å². The number of aryl methyl sites for hydroxylation is 1. The minimum absolute atomic E-state index is 0.0387. The molecule has 0 unspecified atom stereocenters. The minimum Gasteiger partial charge on any atom is -0.383 e. The molecule has 1 aliphatic rings. The SMILES string of the molecule is CCc1nnc2c(C(=O)N3CCCCC3)c(NCC(C)C)c3cccnc3n12. The molecule has 4 rings (SSSR count). The van der Waals surface area contributed by atoms with E-state index in [0.717, 1.165) is 61.4 Å². The lowest BCUT2D eigenvalue weighted by molar-refractivity contribution is 0.0726. The number of rotatable bonds is 5. The van der Waals surface area contributed by atoms with E-state index < -0.39 is 0 Å². The number of nitrogens with zero attached hydrogens (tertiary/aromatic N) is 5. The van der Waals surface area contributed by atoms with E-state index in [1.165, 1.54) is 6.42 Å². The van der Waals surface area contributed by atoms with Gasteiger partial charge in [-0.25, -0.2) is 4.98 Å². The molecule has 1 aliphatic heterocycles. The Bertz CT molecular complexity index is 1000. The molecule has 0 aliphatic carbocycles. The first-order valence-corrected chi connectivity index (χ1v) is 10.3. The summed E-state index contributed by atoms with van der Waals surface area (Å²) < 4.78 is 1.95. The van der Waals surface area contributed by atoms with Crippen molar-refractivity contribution in [3.05, 3.63) is 29.7 Å². The summed E-state index contributed by atoms with van der Waals surface area (Å²) in [6.45, 7) is 8.73. The van der Waals surface area contributed by atoms with Gasteiger partial charge >= 0.3 is 0 Å². The van der Waals surface area contributed by atoms with Crippen molar-refractivity contribution in [3.8, 4) is 0 Å². The highest BCUT2D eigenvalue weighted by Crippen LogP contribution is 2.32. The summed E-state index contributed by atoms with van der Waals surface area (Å²) >= 11 is 0. The van der Waals surface area contributed by atoms with Crippen LogP contribution in [0.25, 0.3) is 16.7 Å². The van der Waals surface area contributed by atoms with Crippen molar-refractivity contribution in [2.24, 2.45) is 5.92 Å². The molecule has 1 fully saturated rings. The molecule has 0 spiro atoms. The van der Waals surface area contributed by atoms with Gasteiger partial charge in [-0.1, -0.05) is 20.8 Å². The summed E-state index contributed by atoms with van der Waals surface area (Å²) in [7, 11) is 0. The first kappa shape index (κ1) is 18.7. The standard InChI is InChI=1S/C21H28N6O/c1-4-16-24-25-20-17(21(28)26-11-6-5-7-12-26)18(23-13-14(2)3)15-9-8-10-22-19(15)27(16)20/h8-10,14,23H,4-7,11-13H2,1-3H3. The van der Waals surface area contributed by atoms with E-state index in [4.69, 9.17) is 0 Å². The normalized spacial score (nSPS) is 14.9. The first-order chi connectivity index (χ1) is 13.6. The van der Waals surface area contributed by atoms with E-state index in [0.29, 0.717) is 17.1 Å². The number of hydrogen-bond donors (Lipinski definition) is 1. The topological polar surface area (TPSA) is 75.4 Å². The van der Waals surface area contributed by atoms with Crippen LogP contribution in [0.5, 0.6) is 0 Å². The molecule has 1 amide bonds. The van der Waals surface area contributed by atoms with Gasteiger partial charge in [0, 0.05) is 37.6 Å². The Kier molecular flexibility index (Phi) is 5.15. The quantitative estimate of drug-likeness (QED) is 0.733. The Hall–Kier alpha value is -2.70. The number of fused-ring (bicyclic) bond motifs is 3. The molecule has 28 heavy (non-hydrogen) atoms. The number of nitrogens with one attached hydrogen (secondary N) is 1. The number of hydrogen-bond acceptors (Lipinski definition) is 5. The number of carbonyl (C=O) groups excluding carboxylic acids is 1. The summed E-state index contributed by atoms with van der Waals surface area (Å²) in [6.07, 6.45) is 5.80. The maximum Gasteiger partial charge on any atom is 0.259 e. The van der Waals surface area contributed by atoms with Gasteiger partial charge in [0.2, 0.25) is 0 Å². The largest absolute Gasteiger partial charge is 0.383 e. The molecule has 148 valence electrons. The number of carbonyl (C=O) groups is 1. The predicted molar refractivity (Wildman–Crippen MR) is 111 cm³/mol. The Balaban J connectivity index is 1.99. The average Bonchev–Trinajstić information content (AvgIpc) is 3.16. The Labute approximate surface area is 165 Å². The van der Waals surface area contributed by atoms with Crippen LogP contribution in [0.2, 0.25) is 0 Å². The Morgan fingerprint density at radius 2 is 1.96 bits per heavy atom. The van der Waals surface area contributed by atoms with E-state index in [-0.39, 0.29) is 5.91 Å². The van der Waals surface area contributed by atoms with Crippen molar-refractivity contribution in [1.29, 1.82) is 0 Å². The summed E-state index contributed by atoms with van der Waals surface area (Å²) in [5, 5.41) is 13.3. The van der Waals surface area contributed by atoms with Crippen molar-refractivity contribution in [1.82, 2.24) is 24.5 Å². The van der Waals surface area contributed by atoms with Crippen LogP contribution in [0, 0.1) is 5.92 Å². The molecule has 0 atom stereocenters. The number of amides is 1. The van der Waals surface area contributed by atoms with E-state index >= 15 is 0 Å². The number of aromatic nitrogens is 4. The molecule has 4 heterocycles. The third-order valence-electron chi connectivity index (χ3n) is 5.33. The fourth-order valence-corrected chi connectivity index (χ4v) is 3.89. The summed E-state index contributed by atoms with van der Waals surface area (Å²) in [5.74, 6) is 1.31. The molecule has 3 aromatic rings. The zero-order valence-corrected chi connectivity index (χ0v) is 16.9. The van der Waals surface area contributed by atoms with Crippen molar-refractivity contribution in [2.75, 3.05) is 25.0 Å². The number of likely N-dealkylation sites (tertiary alicyclic amines) is 1. The maximum atomic E-state index is 13.6. The van der Waals surface area contributed by atoms with Gasteiger partial charge in [-0.3, -0.25) is 9.20 Å². The van der Waals surface area contributed by atoms with E-state index in [2.05, 4.69) is 34.3 Å². The predicted octanol–water partition coefficient (Wildman–Crippen LogP) is 3.53. The van der Waals surface area contributed by atoms with Gasteiger partial charge in [0.25, 0.3) is 5.91 Å². The molecular formula is C21H28N6O. The third kappa shape index (κ3) is 3.19. The first-order valence-electron chi connectivity index (χ1n) is 10.3. The Morgan fingerprint density at radius 3 is 2.68 bits per heavy atom. The summed E-state index contributed by atoms with van der Waals surface area (Å²) in [5.41, 5.74) is 2.84. The summed E-state index contributed by atoms with van der Waals surface area (Å²) in [4.78, 5) is 20.2. The fourth-order valence-electron chi connectivity index (χ4n) is 3.89. The fraction of sp³-hybridized carbons (Fsp3) is 0.524. The Morgan fingerprint density at radius 1 is 1.18 bits per heavy atom. The highest BCUT2D eigenvalue weighted by molar-refractivity contribution is 6.12.